The lowest BCUT2D eigenvalue weighted by atomic mass is 9.76. The van der Waals surface area contributed by atoms with Crippen LogP contribution in [-0.2, 0) is 6.42 Å². The van der Waals surface area contributed by atoms with Gasteiger partial charge in [-0.1, -0.05) is 26.0 Å². The molecule has 2 aromatic heterocycles. The fourth-order valence-corrected chi connectivity index (χ4v) is 3.51. The number of rotatable bonds is 2. The van der Waals surface area contributed by atoms with Crippen LogP contribution in [0.5, 0.6) is 0 Å². The molecule has 1 aliphatic rings. The van der Waals surface area contributed by atoms with E-state index >= 15 is 0 Å². The smallest absolute Gasteiger partial charge is 0.261 e. The number of Topliss-reactive ketones (excluding diaryl/α,β-unsaturated/α-hetero) is 1. The van der Waals surface area contributed by atoms with Crippen molar-refractivity contribution in [2.75, 3.05) is 5.32 Å². The molecule has 3 aromatic rings. The maximum Gasteiger partial charge on any atom is 0.261 e. The van der Waals surface area contributed by atoms with Gasteiger partial charge in [0.2, 0.25) is 0 Å². The van der Waals surface area contributed by atoms with Gasteiger partial charge in [-0.25, -0.2) is 9.50 Å². The van der Waals surface area contributed by atoms with Crippen LogP contribution in [0.1, 0.15) is 52.2 Å². The molecule has 1 aromatic carbocycles. The maximum absolute atomic E-state index is 12.7. The SMILES string of the molecule is Cc1cccc(NC(=O)c2cnn3c4c(cnc23)C(=O)CC(C)(C)C4)c1. The van der Waals surface area contributed by atoms with Crippen molar-refractivity contribution in [3.63, 3.8) is 0 Å². The molecule has 0 aliphatic heterocycles. The summed E-state index contributed by atoms with van der Waals surface area (Å²) < 4.78 is 1.64. The molecule has 1 N–H and O–H groups in total. The average Bonchev–Trinajstić information content (AvgIpc) is 2.98. The van der Waals surface area contributed by atoms with Gasteiger partial charge in [0.15, 0.2) is 11.4 Å². The average molecular weight is 348 g/mol. The second-order valence-electron chi connectivity index (χ2n) is 7.68. The molecular formula is C20H20N4O2. The molecule has 0 unspecified atom stereocenters. The normalized spacial score (nSPS) is 15.7. The lowest BCUT2D eigenvalue weighted by Crippen LogP contribution is -2.29. The largest absolute Gasteiger partial charge is 0.322 e. The molecule has 0 radical (unpaired) electrons. The van der Waals surface area contributed by atoms with Crippen molar-refractivity contribution in [3.05, 3.63) is 59.0 Å². The van der Waals surface area contributed by atoms with Gasteiger partial charge in [-0.3, -0.25) is 9.59 Å². The van der Waals surface area contributed by atoms with E-state index in [9.17, 15) is 9.59 Å². The number of hydrogen-bond donors (Lipinski definition) is 1. The zero-order valence-electron chi connectivity index (χ0n) is 15.0. The number of anilines is 1. The minimum atomic E-state index is -0.264. The van der Waals surface area contributed by atoms with Crippen molar-refractivity contribution in [2.24, 2.45) is 5.41 Å². The highest BCUT2D eigenvalue weighted by Gasteiger charge is 2.33. The van der Waals surface area contributed by atoms with E-state index < -0.39 is 0 Å². The van der Waals surface area contributed by atoms with Crippen molar-refractivity contribution in [1.29, 1.82) is 0 Å². The number of nitrogens with zero attached hydrogens (tertiary/aromatic N) is 3. The molecule has 26 heavy (non-hydrogen) atoms. The molecule has 0 atom stereocenters. The summed E-state index contributed by atoms with van der Waals surface area (Å²) in [4.78, 5) is 29.4. The molecular weight excluding hydrogens is 328 g/mol. The fraction of sp³-hybridized carbons (Fsp3) is 0.300. The first-order valence-corrected chi connectivity index (χ1v) is 8.61. The number of amides is 1. The molecule has 4 rings (SSSR count). The van der Waals surface area contributed by atoms with Gasteiger partial charge in [0, 0.05) is 18.3 Å². The lowest BCUT2D eigenvalue weighted by molar-refractivity contribution is 0.0908. The molecule has 6 heteroatoms. The Balaban J connectivity index is 1.74. The lowest BCUT2D eigenvalue weighted by Gasteiger charge is -2.29. The Morgan fingerprint density at radius 1 is 1.23 bits per heavy atom. The Morgan fingerprint density at radius 2 is 2.04 bits per heavy atom. The number of nitrogens with one attached hydrogen (secondary N) is 1. The van der Waals surface area contributed by atoms with E-state index in [0.29, 0.717) is 29.6 Å². The quantitative estimate of drug-likeness (QED) is 0.769. The molecule has 6 nitrogen and oxygen atoms in total. The molecule has 0 saturated heterocycles. The van der Waals surface area contributed by atoms with Gasteiger partial charge in [-0.05, 0) is 36.5 Å². The van der Waals surface area contributed by atoms with E-state index in [1.807, 2.05) is 31.2 Å². The number of carbonyl (C=O) groups is 2. The van der Waals surface area contributed by atoms with E-state index in [4.69, 9.17) is 0 Å². The minimum Gasteiger partial charge on any atom is -0.322 e. The monoisotopic (exact) mass is 348 g/mol. The number of aryl methyl sites for hydroxylation is 1. The molecule has 0 bridgehead atoms. The van der Waals surface area contributed by atoms with Crippen molar-refractivity contribution in [2.45, 2.75) is 33.6 Å². The van der Waals surface area contributed by atoms with Crippen LogP contribution in [0.15, 0.2) is 36.7 Å². The summed E-state index contributed by atoms with van der Waals surface area (Å²) in [5.74, 6) is -0.189. The van der Waals surface area contributed by atoms with Crippen LogP contribution in [-0.4, -0.2) is 26.3 Å². The summed E-state index contributed by atoms with van der Waals surface area (Å²) in [6.45, 7) is 6.10. The van der Waals surface area contributed by atoms with Crippen molar-refractivity contribution in [1.82, 2.24) is 14.6 Å². The third-order valence-corrected chi connectivity index (χ3v) is 4.73. The summed E-state index contributed by atoms with van der Waals surface area (Å²) >= 11 is 0. The Hall–Kier alpha value is -3.02. The molecule has 1 amide bonds. The molecule has 2 heterocycles. The molecule has 0 saturated carbocycles. The molecule has 0 fully saturated rings. The number of carbonyl (C=O) groups excluding carboxylic acids is 2. The van der Waals surface area contributed by atoms with Crippen LogP contribution < -0.4 is 5.32 Å². The third kappa shape index (κ3) is 2.77. The van der Waals surface area contributed by atoms with E-state index in [1.54, 1.807) is 10.7 Å². The first kappa shape index (κ1) is 16.4. The number of ketones is 1. The number of benzene rings is 1. The Kier molecular flexibility index (Phi) is 3.64. The van der Waals surface area contributed by atoms with Gasteiger partial charge < -0.3 is 5.32 Å². The molecule has 1 aliphatic carbocycles. The predicted molar refractivity (Wildman–Crippen MR) is 98.6 cm³/mol. The first-order chi connectivity index (χ1) is 12.3. The van der Waals surface area contributed by atoms with E-state index in [1.165, 1.54) is 6.20 Å². The topological polar surface area (TPSA) is 76.4 Å². The van der Waals surface area contributed by atoms with Crippen LogP contribution in [0.25, 0.3) is 5.65 Å². The van der Waals surface area contributed by atoms with Gasteiger partial charge in [-0.15, -0.1) is 0 Å². The van der Waals surface area contributed by atoms with Crippen LogP contribution >= 0.6 is 0 Å². The Labute approximate surface area is 151 Å². The predicted octanol–water partition coefficient (Wildman–Crippen LogP) is 3.45. The van der Waals surface area contributed by atoms with E-state index in [2.05, 4.69) is 29.2 Å². The van der Waals surface area contributed by atoms with E-state index in [0.717, 1.165) is 16.9 Å². The minimum absolute atomic E-state index is 0.0758. The summed E-state index contributed by atoms with van der Waals surface area (Å²) in [6.07, 6.45) is 4.30. The standard InChI is InChI=1S/C20H20N4O2/c1-12-5-4-6-13(7-12)23-19(26)15-11-22-24-16-8-20(2,3)9-17(25)14(16)10-21-18(15)24/h4-7,10-11H,8-9H2,1-3H3,(H,23,26). The highest BCUT2D eigenvalue weighted by atomic mass is 16.1. The van der Waals surface area contributed by atoms with Crippen LogP contribution in [0.2, 0.25) is 0 Å². The number of aromatic nitrogens is 3. The molecule has 0 spiro atoms. The van der Waals surface area contributed by atoms with Crippen molar-refractivity contribution < 1.29 is 9.59 Å². The second kappa shape index (κ2) is 5.76. The Bertz CT molecular complexity index is 1050. The summed E-state index contributed by atoms with van der Waals surface area (Å²) in [6, 6.07) is 7.61. The van der Waals surface area contributed by atoms with Crippen LogP contribution in [0.4, 0.5) is 5.69 Å². The second-order valence-corrected chi connectivity index (χ2v) is 7.68. The first-order valence-electron chi connectivity index (χ1n) is 8.61. The Morgan fingerprint density at radius 3 is 2.81 bits per heavy atom. The van der Waals surface area contributed by atoms with Gasteiger partial charge in [-0.2, -0.15) is 5.10 Å². The fourth-order valence-electron chi connectivity index (χ4n) is 3.51. The molecule has 132 valence electrons. The third-order valence-electron chi connectivity index (χ3n) is 4.73. The number of fused-ring (bicyclic) bond motifs is 3. The summed E-state index contributed by atoms with van der Waals surface area (Å²) in [5, 5.41) is 7.24. The van der Waals surface area contributed by atoms with E-state index in [-0.39, 0.29) is 17.1 Å². The van der Waals surface area contributed by atoms with Gasteiger partial charge >= 0.3 is 0 Å². The van der Waals surface area contributed by atoms with Crippen molar-refractivity contribution in [3.8, 4) is 0 Å². The summed E-state index contributed by atoms with van der Waals surface area (Å²) in [5.41, 5.74) is 3.95. The highest BCUT2D eigenvalue weighted by Crippen LogP contribution is 2.34. The highest BCUT2D eigenvalue weighted by molar-refractivity contribution is 6.08. The van der Waals surface area contributed by atoms with Gasteiger partial charge in [0.25, 0.3) is 5.91 Å². The maximum atomic E-state index is 12.7. The number of hydrogen-bond acceptors (Lipinski definition) is 4. The zero-order valence-corrected chi connectivity index (χ0v) is 15.0. The van der Waals surface area contributed by atoms with Gasteiger partial charge in [0.05, 0.1) is 17.5 Å². The van der Waals surface area contributed by atoms with Crippen LogP contribution in [0.3, 0.4) is 0 Å². The van der Waals surface area contributed by atoms with Crippen LogP contribution in [0, 0.1) is 12.3 Å². The van der Waals surface area contributed by atoms with Crippen molar-refractivity contribution >= 4 is 23.0 Å². The van der Waals surface area contributed by atoms with Gasteiger partial charge in [0.1, 0.15) is 5.56 Å². The zero-order chi connectivity index (χ0) is 18.5. The summed E-state index contributed by atoms with van der Waals surface area (Å²) in [7, 11) is 0.